The third-order valence-electron chi connectivity index (χ3n) is 4.95. The standard InChI is InChI=1S/C16H30N2.ClH/c1-4-6-15-16(2,3)9-5-12-18(15)13-14-7-10-17-11-8-14;/h4,14-15,17H,1,5-13H2,2-3H3;1H. The summed E-state index contributed by atoms with van der Waals surface area (Å²) in [5, 5.41) is 3.47. The Kier molecular flexibility index (Phi) is 6.85. The number of hydrogen-bond donors (Lipinski definition) is 1. The minimum Gasteiger partial charge on any atom is -0.317 e. The lowest BCUT2D eigenvalue weighted by molar-refractivity contribution is 0.0245. The molecule has 2 aliphatic heterocycles. The lowest BCUT2D eigenvalue weighted by Crippen LogP contribution is -2.51. The van der Waals surface area contributed by atoms with E-state index in [0.29, 0.717) is 11.5 Å². The van der Waals surface area contributed by atoms with Crippen LogP contribution in [0.4, 0.5) is 0 Å². The highest BCUT2D eigenvalue weighted by Crippen LogP contribution is 2.37. The molecule has 2 aliphatic rings. The summed E-state index contributed by atoms with van der Waals surface area (Å²) in [6.45, 7) is 13.9. The Balaban J connectivity index is 0.00000180. The summed E-state index contributed by atoms with van der Waals surface area (Å²) in [7, 11) is 0. The molecule has 0 aromatic carbocycles. The van der Waals surface area contributed by atoms with E-state index in [1.165, 1.54) is 51.9 Å². The van der Waals surface area contributed by atoms with E-state index in [1.54, 1.807) is 0 Å². The second kappa shape index (κ2) is 7.66. The van der Waals surface area contributed by atoms with E-state index in [-0.39, 0.29) is 12.4 Å². The van der Waals surface area contributed by atoms with E-state index in [0.717, 1.165) is 12.3 Å². The summed E-state index contributed by atoms with van der Waals surface area (Å²) in [6, 6.07) is 0.707. The third kappa shape index (κ3) is 4.47. The maximum absolute atomic E-state index is 3.96. The summed E-state index contributed by atoms with van der Waals surface area (Å²) < 4.78 is 0. The molecule has 2 nitrogen and oxygen atoms in total. The van der Waals surface area contributed by atoms with Gasteiger partial charge < -0.3 is 5.32 Å². The van der Waals surface area contributed by atoms with Gasteiger partial charge in [0.2, 0.25) is 0 Å². The maximum Gasteiger partial charge on any atom is 0.0181 e. The van der Waals surface area contributed by atoms with Crippen LogP contribution in [0.25, 0.3) is 0 Å². The van der Waals surface area contributed by atoms with Crippen LogP contribution < -0.4 is 5.32 Å². The topological polar surface area (TPSA) is 15.3 Å². The Bertz CT molecular complexity index is 272. The van der Waals surface area contributed by atoms with Crippen LogP contribution in [-0.2, 0) is 0 Å². The van der Waals surface area contributed by atoms with Crippen molar-refractivity contribution in [1.29, 1.82) is 0 Å². The van der Waals surface area contributed by atoms with Gasteiger partial charge in [-0.15, -0.1) is 19.0 Å². The van der Waals surface area contributed by atoms with Crippen molar-refractivity contribution in [2.75, 3.05) is 26.2 Å². The van der Waals surface area contributed by atoms with Gasteiger partial charge in [0.15, 0.2) is 0 Å². The molecule has 1 unspecified atom stereocenters. The highest BCUT2D eigenvalue weighted by atomic mass is 35.5. The van der Waals surface area contributed by atoms with Crippen LogP contribution in [0.3, 0.4) is 0 Å². The van der Waals surface area contributed by atoms with Crippen LogP contribution >= 0.6 is 12.4 Å². The highest BCUT2D eigenvalue weighted by Gasteiger charge is 2.37. The van der Waals surface area contributed by atoms with Gasteiger partial charge in [-0.25, -0.2) is 0 Å². The molecular weight excluding hydrogens is 256 g/mol. The molecule has 2 heterocycles. The zero-order valence-electron chi connectivity index (χ0n) is 12.7. The van der Waals surface area contributed by atoms with Crippen molar-refractivity contribution in [3.05, 3.63) is 12.7 Å². The SMILES string of the molecule is C=CCC1N(CC2CCNCC2)CCCC1(C)C.Cl. The van der Waals surface area contributed by atoms with Gasteiger partial charge in [0.1, 0.15) is 0 Å². The molecule has 19 heavy (non-hydrogen) atoms. The van der Waals surface area contributed by atoms with Crippen LogP contribution in [0.5, 0.6) is 0 Å². The first-order valence-electron chi connectivity index (χ1n) is 7.69. The van der Waals surface area contributed by atoms with Crippen LogP contribution in [-0.4, -0.2) is 37.1 Å². The van der Waals surface area contributed by atoms with Gasteiger partial charge in [-0.1, -0.05) is 19.9 Å². The zero-order valence-corrected chi connectivity index (χ0v) is 13.5. The van der Waals surface area contributed by atoms with Crippen molar-refractivity contribution >= 4 is 12.4 Å². The summed E-state index contributed by atoms with van der Waals surface area (Å²) in [6.07, 6.45) is 8.72. The monoisotopic (exact) mass is 286 g/mol. The zero-order chi connectivity index (χ0) is 13.0. The number of nitrogens with zero attached hydrogens (tertiary/aromatic N) is 1. The molecule has 2 fully saturated rings. The quantitative estimate of drug-likeness (QED) is 0.796. The van der Waals surface area contributed by atoms with Gasteiger partial charge in [-0.05, 0) is 63.1 Å². The van der Waals surface area contributed by atoms with E-state index in [1.807, 2.05) is 0 Å². The van der Waals surface area contributed by atoms with Gasteiger partial charge in [0, 0.05) is 12.6 Å². The van der Waals surface area contributed by atoms with Gasteiger partial charge in [0.05, 0.1) is 0 Å². The second-order valence-corrected chi connectivity index (χ2v) is 6.82. The normalized spacial score (nSPS) is 28.6. The fraction of sp³-hybridized carbons (Fsp3) is 0.875. The summed E-state index contributed by atoms with van der Waals surface area (Å²) >= 11 is 0. The molecule has 1 N–H and O–H groups in total. The Labute approximate surface area is 125 Å². The molecule has 0 bridgehead atoms. The van der Waals surface area contributed by atoms with Crippen molar-refractivity contribution in [3.63, 3.8) is 0 Å². The molecule has 0 radical (unpaired) electrons. The third-order valence-corrected chi connectivity index (χ3v) is 4.95. The van der Waals surface area contributed by atoms with Crippen LogP contribution in [0.15, 0.2) is 12.7 Å². The van der Waals surface area contributed by atoms with Crippen LogP contribution in [0.1, 0.15) is 46.0 Å². The average molecular weight is 287 g/mol. The Morgan fingerprint density at radius 1 is 1.32 bits per heavy atom. The van der Waals surface area contributed by atoms with E-state index in [9.17, 15) is 0 Å². The lowest BCUT2D eigenvalue weighted by Gasteiger charge is -2.48. The Hall–Kier alpha value is -0.0500. The first-order valence-corrected chi connectivity index (χ1v) is 7.69. The molecule has 0 spiro atoms. The molecule has 0 aromatic rings. The molecule has 112 valence electrons. The van der Waals surface area contributed by atoms with Crippen molar-refractivity contribution < 1.29 is 0 Å². The van der Waals surface area contributed by atoms with Crippen molar-refractivity contribution in [1.82, 2.24) is 10.2 Å². The smallest absolute Gasteiger partial charge is 0.0181 e. The van der Waals surface area contributed by atoms with E-state index in [2.05, 4.69) is 36.7 Å². The fourth-order valence-electron chi connectivity index (χ4n) is 3.79. The molecule has 0 aromatic heterocycles. The molecule has 2 rings (SSSR count). The predicted molar refractivity (Wildman–Crippen MR) is 86.0 cm³/mol. The predicted octanol–water partition coefficient (Wildman–Crippen LogP) is 3.47. The summed E-state index contributed by atoms with van der Waals surface area (Å²) in [4.78, 5) is 2.77. The largest absolute Gasteiger partial charge is 0.317 e. The van der Waals surface area contributed by atoms with E-state index < -0.39 is 0 Å². The number of piperidine rings is 2. The number of likely N-dealkylation sites (tertiary alicyclic amines) is 1. The molecule has 3 heteroatoms. The van der Waals surface area contributed by atoms with Crippen molar-refractivity contribution in [2.24, 2.45) is 11.3 Å². The van der Waals surface area contributed by atoms with Crippen LogP contribution in [0, 0.1) is 11.3 Å². The van der Waals surface area contributed by atoms with Gasteiger partial charge in [0.25, 0.3) is 0 Å². The molecule has 0 aliphatic carbocycles. The van der Waals surface area contributed by atoms with Gasteiger partial charge in [-0.3, -0.25) is 4.90 Å². The Morgan fingerprint density at radius 3 is 2.63 bits per heavy atom. The molecule has 1 atom stereocenters. The lowest BCUT2D eigenvalue weighted by atomic mass is 9.74. The van der Waals surface area contributed by atoms with Crippen LogP contribution in [0.2, 0.25) is 0 Å². The average Bonchev–Trinajstić information content (AvgIpc) is 2.35. The van der Waals surface area contributed by atoms with Gasteiger partial charge in [-0.2, -0.15) is 0 Å². The minimum absolute atomic E-state index is 0. The first kappa shape index (κ1) is 17.0. The second-order valence-electron chi connectivity index (χ2n) is 6.82. The summed E-state index contributed by atoms with van der Waals surface area (Å²) in [5.41, 5.74) is 0.458. The van der Waals surface area contributed by atoms with Gasteiger partial charge >= 0.3 is 0 Å². The van der Waals surface area contributed by atoms with Crippen molar-refractivity contribution in [3.8, 4) is 0 Å². The number of hydrogen-bond acceptors (Lipinski definition) is 2. The number of rotatable bonds is 4. The molecule has 0 amide bonds. The maximum atomic E-state index is 3.96. The summed E-state index contributed by atoms with van der Waals surface area (Å²) in [5.74, 6) is 0.910. The molecule has 2 saturated heterocycles. The minimum atomic E-state index is 0. The van der Waals surface area contributed by atoms with E-state index in [4.69, 9.17) is 0 Å². The first-order chi connectivity index (χ1) is 8.63. The van der Waals surface area contributed by atoms with E-state index >= 15 is 0 Å². The van der Waals surface area contributed by atoms with Crippen molar-refractivity contribution in [2.45, 2.75) is 52.0 Å². The molecular formula is C16H31ClN2. The highest BCUT2D eigenvalue weighted by molar-refractivity contribution is 5.85. The molecule has 0 saturated carbocycles. The fourth-order valence-corrected chi connectivity index (χ4v) is 3.79. The number of nitrogens with one attached hydrogen (secondary N) is 1. The Morgan fingerprint density at radius 2 is 2.00 bits per heavy atom. The number of halogens is 1.